The number of amides is 2. The first-order chi connectivity index (χ1) is 13.2. The Kier molecular flexibility index (Phi) is 6.93. The molecule has 1 aliphatic rings. The smallest absolute Gasteiger partial charge is 0.255 e. The maximum Gasteiger partial charge on any atom is 0.255 e. The maximum absolute atomic E-state index is 12.1. The molecule has 6 heteroatoms. The van der Waals surface area contributed by atoms with E-state index in [0.29, 0.717) is 24.4 Å². The molecular formula is C21H26N4O2. The van der Waals surface area contributed by atoms with Crippen molar-refractivity contribution < 1.29 is 9.59 Å². The lowest BCUT2D eigenvalue weighted by atomic mass is 9.93. The van der Waals surface area contributed by atoms with Gasteiger partial charge in [0.05, 0.1) is 0 Å². The normalized spacial score (nSPS) is 14.5. The third kappa shape index (κ3) is 6.18. The van der Waals surface area contributed by atoms with Gasteiger partial charge < -0.3 is 16.0 Å². The van der Waals surface area contributed by atoms with E-state index in [-0.39, 0.29) is 11.8 Å². The van der Waals surface area contributed by atoms with E-state index in [4.69, 9.17) is 0 Å². The number of aromatic nitrogens is 1. The first-order valence-electron chi connectivity index (χ1n) is 9.48. The number of nitrogens with one attached hydrogen (secondary N) is 3. The van der Waals surface area contributed by atoms with E-state index in [2.05, 4.69) is 20.9 Å². The highest BCUT2D eigenvalue weighted by Gasteiger charge is 2.14. The number of piperidine rings is 1. The van der Waals surface area contributed by atoms with Crippen molar-refractivity contribution in [2.24, 2.45) is 5.92 Å². The Morgan fingerprint density at radius 1 is 1.04 bits per heavy atom. The third-order valence-electron chi connectivity index (χ3n) is 4.88. The molecule has 142 valence electrons. The summed E-state index contributed by atoms with van der Waals surface area (Å²) < 4.78 is 0. The lowest BCUT2D eigenvalue weighted by Crippen LogP contribution is -2.29. The Morgan fingerprint density at radius 3 is 2.44 bits per heavy atom. The van der Waals surface area contributed by atoms with Gasteiger partial charge >= 0.3 is 0 Å². The minimum absolute atomic E-state index is 0.101. The minimum Gasteiger partial charge on any atom is -0.352 e. The van der Waals surface area contributed by atoms with Crippen molar-refractivity contribution in [3.63, 3.8) is 0 Å². The van der Waals surface area contributed by atoms with Gasteiger partial charge in [0.15, 0.2) is 0 Å². The second-order valence-electron chi connectivity index (χ2n) is 6.90. The molecule has 1 saturated heterocycles. The van der Waals surface area contributed by atoms with Crippen molar-refractivity contribution in [1.29, 1.82) is 0 Å². The molecule has 2 heterocycles. The first-order valence-corrected chi connectivity index (χ1v) is 9.48. The molecule has 6 nitrogen and oxygen atoms in total. The quantitative estimate of drug-likeness (QED) is 0.704. The molecule has 1 aromatic heterocycles. The summed E-state index contributed by atoms with van der Waals surface area (Å²) in [6, 6.07) is 10.8. The summed E-state index contributed by atoms with van der Waals surface area (Å²) in [7, 11) is 0. The molecule has 0 saturated carbocycles. The maximum atomic E-state index is 12.1. The lowest BCUT2D eigenvalue weighted by Gasteiger charge is -2.22. The van der Waals surface area contributed by atoms with E-state index in [1.165, 1.54) is 12.8 Å². The highest BCUT2D eigenvalue weighted by molar-refractivity contribution is 6.04. The fourth-order valence-corrected chi connectivity index (χ4v) is 3.21. The molecule has 0 aliphatic carbocycles. The standard InChI is InChI=1S/C21H26N4O2/c26-20(6-3-16-7-11-22-12-8-16)24-15-17-1-4-19(5-2-17)25-21(27)18-9-13-23-14-10-18/h1-2,4-5,9-10,13-14,16,22H,3,6-8,11-12,15H2,(H,24,26)(H,25,27). The fraction of sp³-hybridized carbons (Fsp3) is 0.381. The summed E-state index contributed by atoms with van der Waals surface area (Å²) in [5, 5.41) is 9.17. The Hall–Kier alpha value is -2.73. The van der Waals surface area contributed by atoms with E-state index >= 15 is 0 Å². The summed E-state index contributed by atoms with van der Waals surface area (Å²) in [5.41, 5.74) is 2.29. The van der Waals surface area contributed by atoms with Crippen LogP contribution in [-0.2, 0) is 11.3 Å². The number of anilines is 1. The van der Waals surface area contributed by atoms with Crippen LogP contribution in [0, 0.1) is 5.92 Å². The van der Waals surface area contributed by atoms with Crippen molar-refractivity contribution in [2.45, 2.75) is 32.2 Å². The van der Waals surface area contributed by atoms with Crippen molar-refractivity contribution in [3.8, 4) is 0 Å². The Labute approximate surface area is 159 Å². The topological polar surface area (TPSA) is 83.1 Å². The molecule has 2 amide bonds. The predicted octanol–water partition coefficient (Wildman–Crippen LogP) is 2.73. The van der Waals surface area contributed by atoms with Crippen LogP contribution in [0.4, 0.5) is 5.69 Å². The molecule has 0 radical (unpaired) electrons. The minimum atomic E-state index is -0.170. The molecule has 1 fully saturated rings. The van der Waals surface area contributed by atoms with Crippen molar-refractivity contribution in [2.75, 3.05) is 18.4 Å². The van der Waals surface area contributed by atoms with Gasteiger partial charge in [-0.2, -0.15) is 0 Å². The first kappa shape index (κ1) is 19.0. The van der Waals surface area contributed by atoms with E-state index in [1.807, 2.05) is 24.3 Å². The number of hydrogen-bond donors (Lipinski definition) is 3. The Bertz CT molecular complexity index is 741. The number of pyridine rings is 1. The zero-order valence-electron chi connectivity index (χ0n) is 15.4. The van der Waals surface area contributed by atoms with Gasteiger partial charge in [-0.3, -0.25) is 14.6 Å². The Balaban J connectivity index is 1.40. The molecule has 0 unspecified atom stereocenters. The SMILES string of the molecule is O=C(CCC1CCNCC1)NCc1ccc(NC(=O)c2ccncc2)cc1. The average Bonchev–Trinajstić information content (AvgIpc) is 2.73. The summed E-state index contributed by atoms with van der Waals surface area (Å²) >= 11 is 0. The van der Waals surface area contributed by atoms with E-state index in [9.17, 15) is 9.59 Å². The number of nitrogens with zero attached hydrogens (tertiary/aromatic N) is 1. The third-order valence-corrected chi connectivity index (χ3v) is 4.88. The van der Waals surface area contributed by atoms with Crippen LogP contribution in [0.3, 0.4) is 0 Å². The van der Waals surface area contributed by atoms with Gasteiger partial charge in [-0.1, -0.05) is 12.1 Å². The largest absolute Gasteiger partial charge is 0.352 e. The van der Waals surface area contributed by atoms with Gasteiger partial charge in [0.1, 0.15) is 0 Å². The van der Waals surface area contributed by atoms with Crippen LogP contribution < -0.4 is 16.0 Å². The van der Waals surface area contributed by atoms with E-state index in [1.54, 1.807) is 24.5 Å². The summed E-state index contributed by atoms with van der Waals surface area (Å²) in [4.78, 5) is 28.1. The van der Waals surface area contributed by atoms with Crippen LogP contribution in [0.25, 0.3) is 0 Å². The van der Waals surface area contributed by atoms with Crippen LogP contribution in [0.5, 0.6) is 0 Å². The van der Waals surface area contributed by atoms with Crippen LogP contribution in [0.1, 0.15) is 41.6 Å². The second kappa shape index (κ2) is 9.83. The molecule has 3 N–H and O–H groups in total. The molecule has 27 heavy (non-hydrogen) atoms. The molecule has 0 bridgehead atoms. The van der Waals surface area contributed by atoms with Gasteiger partial charge in [-0.25, -0.2) is 0 Å². The molecule has 1 aromatic carbocycles. The van der Waals surface area contributed by atoms with Gasteiger partial charge in [0.25, 0.3) is 5.91 Å². The van der Waals surface area contributed by atoms with Crippen LogP contribution >= 0.6 is 0 Å². The predicted molar refractivity (Wildman–Crippen MR) is 105 cm³/mol. The second-order valence-corrected chi connectivity index (χ2v) is 6.90. The zero-order valence-corrected chi connectivity index (χ0v) is 15.4. The summed E-state index contributed by atoms with van der Waals surface area (Å²) in [6.07, 6.45) is 7.07. The lowest BCUT2D eigenvalue weighted by molar-refractivity contribution is -0.121. The molecule has 3 rings (SSSR count). The number of hydrogen-bond acceptors (Lipinski definition) is 4. The van der Waals surface area contributed by atoms with Gasteiger partial charge in [-0.15, -0.1) is 0 Å². The molecule has 0 spiro atoms. The van der Waals surface area contributed by atoms with Gasteiger partial charge in [0, 0.05) is 36.6 Å². The zero-order chi connectivity index (χ0) is 18.9. The molecule has 0 atom stereocenters. The fourth-order valence-electron chi connectivity index (χ4n) is 3.21. The van der Waals surface area contributed by atoms with Crippen molar-refractivity contribution in [1.82, 2.24) is 15.6 Å². The number of carbonyl (C=O) groups excluding carboxylic acids is 2. The van der Waals surface area contributed by atoms with E-state index in [0.717, 1.165) is 30.8 Å². The number of carbonyl (C=O) groups is 2. The average molecular weight is 366 g/mol. The van der Waals surface area contributed by atoms with Crippen LogP contribution in [0.15, 0.2) is 48.8 Å². The van der Waals surface area contributed by atoms with Crippen LogP contribution in [0.2, 0.25) is 0 Å². The molecule has 1 aliphatic heterocycles. The van der Waals surface area contributed by atoms with E-state index < -0.39 is 0 Å². The number of rotatable bonds is 7. The molecule has 2 aromatic rings. The monoisotopic (exact) mass is 366 g/mol. The summed E-state index contributed by atoms with van der Waals surface area (Å²) in [5.74, 6) is 0.597. The van der Waals surface area contributed by atoms with Crippen LogP contribution in [-0.4, -0.2) is 29.9 Å². The number of benzene rings is 1. The van der Waals surface area contributed by atoms with Gasteiger partial charge in [0.2, 0.25) is 5.91 Å². The summed E-state index contributed by atoms with van der Waals surface area (Å²) in [6.45, 7) is 2.64. The Morgan fingerprint density at radius 2 is 1.74 bits per heavy atom. The van der Waals surface area contributed by atoms with Crippen molar-refractivity contribution in [3.05, 3.63) is 59.9 Å². The van der Waals surface area contributed by atoms with Crippen molar-refractivity contribution >= 4 is 17.5 Å². The highest BCUT2D eigenvalue weighted by atomic mass is 16.2. The molecular weight excluding hydrogens is 340 g/mol. The van der Waals surface area contributed by atoms with Gasteiger partial charge in [-0.05, 0) is 68.1 Å². The highest BCUT2D eigenvalue weighted by Crippen LogP contribution is 2.17.